The second-order valence-corrected chi connectivity index (χ2v) is 9.47. The molecule has 1 aromatic heterocycles. The number of benzene rings is 1. The summed E-state index contributed by atoms with van der Waals surface area (Å²) >= 11 is 7.21. The summed E-state index contributed by atoms with van der Waals surface area (Å²) in [5, 5.41) is 0.108. The fraction of sp³-hybridized carbons (Fsp3) is 0.500. The van der Waals surface area contributed by atoms with Crippen molar-refractivity contribution in [3.05, 3.63) is 44.7 Å². The van der Waals surface area contributed by atoms with Crippen LogP contribution in [0.15, 0.2) is 29.4 Å². The first-order chi connectivity index (χ1) is 13.9. The second kappa shape index (κ2) is 8.72. The molecule has 10 heteroatoms. The summed E-state index contributed by atoms with van der Waals surface area (Å²) in [6.45, 7) is 7.31. The summed E-state index contributed by atoms with van der Waals surface area (Å²) in [5.41, 5.74) is -0.533. The van der Waals surface area contributed by atoms with Crippen molar-refractivity contribution in [2.24, 2.45) is 4.99 Å². The fourth-order valence-electron chi connectivity index (χ4n) is 2.98. The number of hydrogen-bond acceptors (Lipinski definition) is 4. The molecule has 1 aromatic carbocycles. The molecule has 2 heterocycles. The topological polar surface area (TPSA) is 52.8 Å². The molecule has 2 aromatic rings. The third-order valence-corrected chi connectivity index (χ3v) is 6.16. The summed E-state index contributed by atoms with van der Waals surface area (Å²) in [6.07, 6.45) is -1.14. The van der Waals surface area contributed by atoms with Gasteiger partial charge in [-0.1, -0.05) is 32.4 Å². The van der Waals surface area contributed by atoms with Crippen LogP contribution in [0.5, 0.6) is 5.75 Å². The Hall–Kier alpha value is -1.84. The molecule has 30 heavy (non-hydrogen) atoms. The molecule has 0 bridgehead atoms. The van der Waals surface area contributed by atoms with Crippen molar-refractivity contribution in [1.82, 2.24) is 4.57 Å². The zero-order valence-electron chi connectivity index (χ0n) is 16.8. The highest BCUT2D eigenvalue weighted by atomic mass is 35.5. The molecule has 1 saturated heterocycles. The first kappa shape index (κ1) is 22.8. The van der Waals surface area contributed by atoms with Gasteiger partial charge in [-0.25, -0.2) is 0 Å². The lowest BCUT2D eigenvalue weighted by Crippen LogP contribution is -2.24. The number of hydrogen-bond donors (Lipinski definition) is 0. The Balaban J connectivity index is 2.02. The van der Waals surface area contributed by atoms with Gasteiger partial charge in [-0.15, -0.1) is 24.5 Å². The van der Waals surface area contributed by atoms with Crippen LogP contribution in [0, 0.1) is 0 Å². The van der Waals surface area contributed by atoms with Crippen molar-refractivity contribution in [1.29, 1.82) is 0 Å². The normalized spacial score (nSPS) is 18.1. The molecule has 1 aliphatic heterocycles. The Morgan fingerprint density at radius 3 is 2.70 bits per heavy atom. The Morgan fingerprint density at radius 2 is 2.10 bits per heavy atom. The van der Waals surface area contributed by atoms with E-state index in [-0.39, 0.29) is 22.1 Å². The molecule has 1 atom stereocenters. The maximum atomic E-state index is 12.8. The fourth-order valence-corrected chi connectivity index (χ4v) is 4.21. The van der Waals surface area contributed by atoms with Crippen molar-refractivity contribution in [2.75, 3.05) is 6.61 Å². The van der Waals surface area contributed by atoms with Gasteiger partial charge >= 0.3 is 6.36 Å². The van der Waals surface area contributed by atoms with Gasteiger partial charge in [0, 0.05) is 22.7 Å². The first-order valence-corrected chi connectivity index (χ1v) is 10.6. The maximum Gasteiger partial charge on any atom is 0.573 e. The van der Waals surface area contributed by atoms with E-state index >= 15 is 0 Å². The second-order valence-electron chi connectivity index (χ2n) is 8.02. The molecule has 164 valence electrons. The Kier molecular flexibility index (Phi) is 6.64. The average Bonchev–Trinajstić information content (AvgIpc) is 3.26. The number of rotatable bonds is 4. The van der Waals surface area contributed by atoms with Crippen molar-refractivity contribution < 1.29 is 27.4 Å². The first-order valence-electron chi connectivity index (χ1n) is 9.39. The summed E-state index contributed by atoms with van der Waals surface area (Å²) in [6, 6.07) is 3.35. The highest BCUT2D eigenvalue weighted by molar-refractivity contribution is 7.09. The van der Waals surface area contributed by atoms with Crippen LogP contribution in [0.2, 0.25) is 5.02 Å². The Labute approximate surface area is 181 Å². The summed E-state index contributed by atoms with van der Waals surface area (Å²) < 4.78 is 49.7. The van der Waals surface area contributed by atoms with E-state index in [1.54, 1.807) is 0 Å². The van der Waals surface area contributed by atoms with Crippen molar-refractivity contribution >= 4 is 28.8 Å². The minimum absolute atomic E-state index is 0.0109. The number of nitrogens with zero attached hydrogens (tertiary/aromatic N) is 2. The molecule has 0 radical (unpaired) electrons. The van der Waals surface area contributed by atoms with Crippen LogP contribution in [-0.4, -0.2) is 29.5 Å². The monoisotopic (exact) mass is 462 g/mol. The van der Waals surface area contributed by atoms with E-state index in [0.29, 0.717) is 18.0 Å². The van der Waals surface area contributed by atoms with Crippen molar-refractivity contribution in [3.63, 3.8) is 0 Å². The number of carbonyl (C=O) groups is 1. The zero-order valence-corrected chi connectivity index (χ0v) is 18.3. The van der Waals surface area contributed by atoms with Crippen LogP contribution in [0.4, 0.5) is 13.2 Å². The molecule has 1 fully saturated rings. The zero-order chi connectivity index (χ0) is 22.1. The molecule has 0 unspecified atom stereocenters. The van der Waals surface area contributed by atoms with Crippen LogP contribution in [0.1, 0.15) is 48.8 Å². The van der Waals surface area contributed by atoms with Gasteiger partial charge in [-0.05, 0) is 36.5 Å². The molecule has 0 saturated carbocycles. The highest BCUT2D eigenvalue weighted by Crippen LogP contribution is 2.30. The van der Waals surface area contributed by atoms with Gasteiger partial charge in [0.1, 0.15) is 5.75 Å². The van der Waals surface area contributed by atoms with Gasteiger partial charge in [-0.2, -0.15) is 4.99 Å². The number of carbonyl (C=O) groups excluding carboxylic acids is 1. The molecule has 3 rings (SSSR count). The predicted molar refractivity (Wildman–Crippen MR) is 108 cm³/mol. The summed E-state index contributed by atoms with van der Waals surface area (Å²) in [5.74, 6) is -1.50. The van der Waals surface area contributed by atoms with Gasteiger partial charge in [0.05, 0.1) is 18.2 Å². The van der Waals surface area contributed by atoms with Crippen molar-refractivity contribution in [3.8, 4) is 5.75 Å². The van der Waals surface area contributed by atoms with Crippen LogP contribution in [-0.2, 0) is 16.7 Å². The average molecular weight is 463 g/mol. The minimum atomic E-state index is -4.94. The van der Waals surface area contributed by atoms with Gasteiger partial charge in [0.2, 0.25) is 0 Å². The highest BCUT2D eigenvalue weighted by Gasteiger charge is 2.33. The number of halogens is 4. The Morgan fingerprint density at radius 1 is 1.37 bits per heavy atom. The molecule has 5 nitrogen and oxygen atoms in total. The van der Waals surface area contributed by atoms with E-state index in [2.05, 4.69) is 9.73 Å². The van der Waals surface area contributed by atoms with Crippen LogP contribution < -0.4 is 9.54 Å². The summed E-state index contributed by atoms with van der Waals surface area (Å²) in [7, 11) is 0. The number of amides is 1. The number of thiazole rings is 1. The van der Waals surface area contributed by atoms with E-state index in [1.165, 1.54) is 17.4 Å². The van der Waals surface area contributed by atoms with E-state index in [1.807, 2.05) is 31.5 Å². The number of aromatic nitrogens is 1. The lowest BCUT2D eigenvalue weighted by Gasteiger charge is -2.15. The van der Waals surface area contributed by atoms with Gasteiger partial charge in [-0.3, -0.25) is 4.79 Å². The van der Waals surface area contributed by atoms with E-state index in [9.17, 15) is 18.0 Å². The minimum Gasteiger partial charge on any atom is -0.405 e. The molecule has 1 amide bonds. The van der Waals surface area contributed by atoms with E-state index in [4.69, 9.17) is 16.3 Å². The third kappa shape index (κ3) is 5.86. The van der Waals surface area contributed by atoms with E-state index < -0.39 is 18.0 Å². The van der Waals surface area contributed by atoms with Gasteiger partial charge < -0.3 is 14.0 Å². The van der Waals surface area contributed by atoms with Gasteiger partial charge in [0.25, 0.3) is 5.91 Å². The lowest BCUT2D eigenvalue weighted by molar-refractivity contribution is -0.274. The van der Waals surface area contributed by atoms with E-state index in [0.717, 1.165) is 29.9 Å². The van der Waals surface area contributed by atoms with Crippen LogP contribution in [0.3, 0.4) is 0 Å². The van der Waals surface area contributed by atoms with Crippen LogP contribution in [0.25, 0.3) is 0 Å². The molecule has 0 spiro atoms. The largest absolute Gasteiger partial charge is 0.573 e. The maximum absolute atomic E-state index is 12.8. The molecule has 0 N–H and O–H groups in total. The predicted octanol–water partition coefficient (Wildman–Crippen LogP) is 5.32. The smallest absolute Gasteiger partial charge is 0.405 e. The molecular formula is C20H22ClF3N2O3S. The SMILES string of the molecule is CC(C)(C)c1cn(C[C@H]2CCCO2)/c(=N/C(=O)c2cc(Cl)ccc2OC(F)(F)F)s1. The summed E-state index contributed by atoms with van der Waals surface area (Å²) in [4.78, 5) is 18.3. The van der Waals surface area contributed by atoms with Gasteiger partial charge in [0.15, 0.2) is 4.80 Å². The van der Waals surface area contributed by atoms with Crippen molar-refractivity contribution in [2.45, 2.75) is 58.0 Å². The standard InChI is InChI=1S/C20H22ClF3N2O3S/c1-19(2,3)16-11-26(10-13-5-4-8-28-13)18(30-16)25-17(27)14-9-12(21)6-7-15(14)29-20(22,23)24/h6-7,9,11,13H,4-5,8,10H2,1-3H3/b25-18-/t13-/m1/s1. The third-order valence-electron chi connectivity index (χ3n) is 4.48. The number of alkyl halides is 3. The molecular weight excluding hydrogens is 441 g/mol. The quantitative estimate of drug-likeness (QED) is 0.618. The molecule has 1 aliphatic rings. The lowest BCUT2D eigenvalue weighted by atomic mass is 9.95. The number of ether oxygens (including phenoxy) is 2. The molecule has 0 aliphatic carbocycles. The van der Waals surface area contributed by atoms with Crippen LogP contribution >= 0.6 is 22.9 Å². The Bertz CT molecular complexity index is 986.